The minimum atomic E-state index is -0.926. The lowest BCUT2D eigenvalue weighted by Gasteiger charge is -2.24. The van der Waals surface area contributed by atoms with Gasteiger partial charge < -0.3 is 19.4 Å². The average molecular weight is 508 g/mol. The van der Waals surface area contributed by atoms with E-state index in [1.54, 1.807) is 31.5 Å². The Labute approximate surface area is 212 Å². The van der Waals surface area contributed by atoms with Crippen molar-refractivity contribution in [2.24, 2.45) is 0 Å². The summed E-state index contributed by atoms with van der Waals surface area (Å²) in [6.45, 7) is 4.58. The molecule has 0 bridgehead atoms. The first kappa shape index (κ1) is 23.7. The number of benzene rings is 2. The number of aryl methyl sites for hydroxylation is 1. The van der Waals surface area contributed by atoms with Crippen LogP contribution < -0.4 is 5.32 Å². The van der Waals surface area contributed by atoms with Crippen LogP contribution in [-0.2, 0) is 27.2 Å². The number of imidazole rings is 1. The molecule has 6 rings (SSSR count). The molecule has 4 aromatic rings. The van der Waals surface area contributed by atoms with Gasteiger partial charge in [-0.2, -0.15) is 5.10 Å². The van der Waals surface area contributed by atoms with Gasteiger partial charge >= 0.3 is 5.97 Å². The van der Waals surface area contributed by atoms with E-state index in [-0.39, 0.29) is 18.1 Å². The molecule has 0 radical (unpaired) electrons. The second-order valence-corrected chi connectivity index (χ2v) is 9.33. The highest BCUT2D eigenvalue weighted by atomic mass is 19.1. The van der Waals surface area contributed by atoms with E-state index in [0.29, 0.717) is 41.1 Å². The maximum atomic E-state index is 15.3. The van der Waals surface area contributed by atoms with Crippen LogP contribution in [-0.4, -0.2) is 51.6 Å². The Morgan fingerprint density at radius 1 is 1.24 bits per heavy atom. The van der Waals surface area contributed by atoms with E-state index in [0.717, 1.165) is 31.6 Å². The van der Waals surface area contributed by atoms with Crippen LogP contribution in [0, 0.1) is 11.6 Å². The molecule has 1 N–H and O–H groups in total. The van der Waals surface area contributed by atoms with Crippen molar-refractivity contribution in [2.75, 3.05) is 26.3 Å². The number of ether oxygens (including phenoxy) is 2. The normalized spacial score (nSPS) is 18.2. The van der Waals surface area contributed by atoms with Gasteiger partial charge in [0.25, 0.3) is 0 Å². The van der Waals surface area contributed by atoms with E-state index in [4.69, 9.17) is 9.47 Å². The monoisotopic (exact) mass is 507 g/mol. The van der Waals surface area contributed by atoms with Crippen LogP contribution >= 0.6 is 0 Å². The number of aromatic nitrogens is 4. The van der Waals surface area contributed by atoms with Gasteiger partial charge in [0, 0.05) is 37.1 Å². The molecule has 192 valence electrons. The quantitative estimate of drug-likeness (QED) is 0.398. The van der Waals surface area contributed by atoms with Gasteiger partial charge in [-0.25, -0.2) is 18.6 Å². The largest absolute Gasteiger partial charge is 0.464 e. The van der Waals surface area contributed by atoms with Gasteiger partial charge in [0.05, 0.1) is 42.2 Å². The zero-order valence-electron chi connectivity index (χ0n) is 20.4. The summed E-state index contributed by atoms with van der Waals surface area (Å²) < 4.78 is 44.7. The number of nitrogens with one attached hydrogen (secondary N) is 1. The van der Waals surface area contributed by atoms with E-state index in [9.17, 15) is 9.18 Å². The second-order valence-electron chi connectivity index (χ2n) is 9.33. The fourth-order valence-electron chi connectivity index (χ4n) is 5.23. The summed E-state index contributed by atoms with van der Waals surface area (Å²) in [5, 5.41) is 8.01. The molecule has 2 unspecified atom stereocenters. The minimum absolute atomic E-state index is 0.203. The highest BCUT2D eigenvalue weighted by Crippen LogP contribution is 2.32. The first-order valence-electron chi connectivity index (χ1n) is 12.5. The SMILES string of the molecule is CCOC(=O)C(c1ncn2c1CCC2)n1cc2c(F)cc(-c3ccc(C4CNCCO4)c(F)c3)cc2n1. The summed E-state index contributed by atoms with van der Waals surface area (Å²) >= 11 is 0. The summed E-state index contributed by atoms with van der Waals surface area (Å²) in [5.41, 5.74) is 3.36. The van der Waals surface area contributed by atoms with Gasteiger partial charge in [0.15, 0.2) is 6.04 Å². The third kappa shape index (κ3) is 4.30. The number of hydrogen-bond acceptors (Lipinski definition) is 6. The molecule has 2 aromatic heterocycles. The van der Waals surface area contributed by atoms with Gasteiger partial charge in [0.2, 0.25) is 0 Å². The van der Waals surface area contributed by atoms with Crippen LogP contribution in [0.2, 0.25) is 0 Å². The highest BCUT2D eigenvalue weighted by molar-refractivity contribution is 5.86. The molecule has 0 aliphatic carbocycles. The van der Waals surface area contributed by atoms with Crippen molar-refractivity contribution in [2.45, 2.75) is 38.5 Å². The fourth-order valence-corrected chi connectivity index (χ4v) is 5.23. The Morgan fingerprint density at radius 3 is 2.89 bits per heavy atom. The van der Waals surface area contributed by atoms with E-state index in [2.05, 4.69) is 15.4 Å². The van der Waals surface area contributed by atoms with Crippen LogP contribution in [0.1, 0.15) is 42.4 Å². The molecular formula is C27H27F2N5O3. The van der Waals surface area contributed by atoms with Gasteiger partial charge in [-0.05, 0) is 49.1 Å². The van der Waals surface area contributed by atoms with Crippen LogP contribution in [0.4, 0.5) is 8.78 Å². The molecule has 10 heteroatoms. The predicted octanol–water partition coefficient (Wildman–Crippen LogP) is 3.94. The Balaban J connectivity index is 1.38. The zero-order chi connectivity index (χ0) is 25.5. The van der Waals surface area contributed by atoms with Crippen LogP contribution in [0.5, 0.6) is 0 Å². The van der Waals surface area contributed by atoms with Gasteiger partial charge in [-0.3, -0.25) is 4.68 Å². The van der Waals surface area contributed by atoms with E-state index in [1.807, 2.05) is 4.57 Å². The van der Waals surface area contributed by atoms with Crippen molar-refractivity contribution in [3.05, 3.63) is 71.4 Å². The number of nitrogens with zero attached hydrogens (tertiary/aromatic N) is 4. The molecule has 37 heavy (non-hydrogen) atoms. The molecule has 2 atom stereocenters. The lowest BCUT2D eigenvalue weighted by Crippen LogP contribution is -2.33. The molecule has 0 saturated carbocycles. The molecule has 8 nitrogen and oxygen atoms in total. The molecule has 2 aliphatic rings. The number of fused-ring (bicyclic) bond motifs is 2. The number of rotatable bonds is 6. The van der Waals surface area contributed by atoms with Crippen molar-refractivity contribution < 1.29 is 23.0 Å². The molecular weight excluding hydrogens is 480 g/mol. The smallest absolute Gasteiger partial charge is 0.337 e. The van der Waals surface area contributed by atoms with Crippen molar-refractivity contribution >= 4 is 16.9 Å². The molecule has 0 amide bonds. The van der Waals surface area contributed by atoms with Crippen LogP contribution in [0.3, 0.4) is 0 Å². The second kappa shape index (κ2) is 9.68. The highest BCUT2D eigenvalue weighted by Gasteiger charge is 2.32. The van der Waals surface area contributed by atoms with Crippen molar-refractivity contribution in [1.29, 1.82) is 0 Å². The summed E-state index contributed by atoms with van der Waals surface area (Å²) in [5.74, 6) is -1.42. The lowest BCUT2D eigenvalue weighted by molar-refractivity contribution is -0.146. The molecule has 2 aliphatic heterocycles. The van der Waals surface area contributed by atoms with Gasteiger partial charge in [-0.15, -0.1) is 0 Å². The summed E-state index contributed by atoms with van der Waals surface area (Å²) in [6, 6.07) is 6.95. The van der Waals surface area contributed by atoms with E-state index < -0.39 is 23.6 Å². The minimum Gasteiger partial charge on any atom is -0.464 e. The van der Waals surface area contributed by atoms with Crippen LogP contribution in [0.25, 0.3) is 22.0 Å². The predicted molar refractivity (Wildman–Crippen MR) is 132 cm³/mol. The first-order valence-corrected chi connectivity index (χ1v) is 12.5. The first-order chi connectivity index (χ1) is 18.0. The van der Waals surface area contributed by atoms with Crippen molar-refractivity contribution in [3.8, 4) is 11.1 Å². The third-order valence-corrected chi connectivity index (χ3v) is 7.03. The van der Waals surface area contributed by atoms with Crippen molar-refractivity contribution in [1.82, 2.24) is 24.6 Å². The summed E-state index contributed by atoms with van der Waals surface area (Å²) in [4.78, 5) is 17.5. The summed E-state index contributed by atoms with van der Waals surface area (Å²) in [7, 11) is 0. The molecule has 1 fully saturated rings. The Morgan fingerprint density at radius 2 is 2.11 bits per heavy atom. The fraction of sp³-hybridized carbons (Fsp3) is 0.370. The lowest BCUT2D eigenvalue weighted by atomic mass is 9.99. The average Bonchev–Trinajstić information content (AvgIpc) is 3.62. The maximum Gasteiger partial charge on any atom is 0.337 e. The number of carbonyl (C=O) groups is 1. The zero-order valence-corrected chi connectivity index (χ0v) is 20.4. The molecule has 1 saturated heterocycles. The number of halogens is 2. The Kier molecular flexibility index (Phi) is 6.21. The molecule has 2 aromatic carbocycles. The molecule has 0 spiro atoms. The van der Waals surface area contributed by atoms with Crippen LogP contribution in [0.15, 0.2) is 42.9 Å². The molecule has 4 heterocycles. The van der Waals surface area contributed by atoms with Gasteiger partial charge in [0.1, 0.15) is 11.6 Å². The number of esters is 1. The van der Waals surface area contributed by atoms with E-state index in [1.165, 1.54) is 23.0 Å². The number of morpholine rings is 1. The maximum absolute atomic E-state index is 15.3. The summed E-state index contributed by atoms with van der Waals surface area (Å²) in [6.07, 6.45) is 4.64. The standard InChI is InChI=1S/C27H27F2N5O3/c1-2-36-27(35)26(25-23-4-3-8-33(23)15-31-25)34-14-19-21(29)11-17(12-22(19)32-34)16-5-6-18(20(28)10-16)24-13-30-7-9-37-24/h5-6,10-12,14-15,24,26,30H,2-4,7-9,13H2,1H3. The van der Waals surface area contributed by atoms with Crippen molar-refractivity contribution in [3.63, 3.8) is 0 Å². The Hall–Kier alpha value is -3.63. The number of hydrogen-bond donors (Lipinski definition) is 1. The number of carbonyl (C=O) groups excluding carboxylic acids is 1. The van der Waals surface area contributed by atoms with Gasteiger partial charge in [-0.1, -0.05) is 12.1 Å². The topological polar surface area (TPSA) is 83.2 Å². The van der Waals surface area contributed by atoms with E-state index >= 15 is 4.39 Å². The Bertz CT molecular complexity index is 1470. The third-order valence-electron chi connectivity index (χ3n) is 7.03.